The van der Waals surface area contributed by atoms with Crippen molar-refractivity contribution in [2.24, 2.45) is 5.73 Å². The second-order valence-corrected chi connectivity index (χ2v) is 9.09. The van der Waals surface area contributed by atoms with Gasteiger partial charge in [-0.25, -0.2) is 0 Å². The van der Waals surface area contributed by atoms with Gasteiger partial charge >= 0.3 is 5.97 Å². The molecule has 2 rings (SSSR count). The molecule has 1 amide bonds. The van der Waals surface area contributed by atoms with Gasteiger partial charge in [0.25, 0.3) is 0 Å². The molecule has 0 aromatic heterocycles. The van der Waals surface area contributed by atoms with Gasteiger partial charge in [0.15, 0.2) is 0 Å². The van der Waals surface area contributed by atoms with Gasteiger partial charge < -0.3 is 15.8 Å². The number of ether oxygens (including phenoxy) is 1. The summed E-state index contributed by atoms with van der Waals surface area (Å²) in [6.07, 6.45) is 5.70. The number of nitrogens with two attached hydrogens (primary N) is 1. The third-order valence-electron chi connectivity index (χ3n) is 6.12. The van der Waals surface area contributed by atoms with Gasteiger partial charge in [-0.15, -0.1) is 0 Å². The Morgan fingerprint density at radius 3 is 2.10 bits per heavy atom. The fourth-order valence-electron chi connectivity index (χ4n) is 4.58. The summed E-state index contributed by atoms with van der Waals surface area (Å²) >= 11 is 0. The van der Waals surface area contributed by atoms with Crippen LogP contribution in [-0.2, 0) is 19.7 Å². The molecule has 1 aromatic rings. The first-order valence-corrected chi connectivity index (χ1v) is 11.0. The Morgan fingerprint density at radius 2 is 1.62 bits per heavy atom. The van der Waals surface area contributed by atoms with E-state index in [4.69, 9.17) is 10.5 Å². The number of carbonyl (C=O) groups excluding carboxylic acids is 2. The highest BCUT2D eigenvalue weighted by Crippen LogP contribution is 2.45. The van der Waals surface area contributed by atoms with E-state index < -0.39 is 12.0 Å². The molecule has 1 aliphatic carbocycles. The van der Waals surface area contributed by atoms with Crippen LogP contribution in [0.1, 0.15) is 95.2 Å². The zero-order chi connectivity index (χ0) is 21.6. The van der Waals surface area contributed by atoms with Crippen LogP contribution in [0.15, 0.2) is 18.2 Å². The number of rotatable bonds is 8. The molecule has 1 atom stereocenters. The van der Waals surface area contributed by atoms with E-state index in [0.717, 1.165) is 12.8 Å². The van der Waals surface area contributed by atoms with Crippen molar-refractivity contribution in [1.82, 2.24) is 5.32 Å². The second-order valence-electron chi connectivity index (χ2n) is 9.09. The molecule has 0 radical (unpaired) electrons. The summed E-state index contributed by atoms with van der Waals surface area (Å²) in [4.78, 5) is 23.6. The van der Waals surface area contributed by atoms with Crippen LogP contribution in [0.4, 0.5) is 0 Å². The van der Waals surface area contributed by atoms with Gasteiger partial charge in [-0.3, -0.25) is 9.59 Å². The third-order valence-corrected chi connectivity index (χ3v) is 6.12. The van der Waals surface area contributed by atoms with Crippen LogP contribution in [0, 0.1) is 0 Å². The van der Waals surface area contributed by atoms with E-state index >= 15 is 0 Å². The largest absolute Gasteiger partial charge is 0.464 e. The Hall–Kier alpha value is -1.88. The Bertz CT molecular complexity index is 680. The molecule has 1 saturated carbocycles. The summed E-state index contributed by atoms with van der Waals surface area (Å²) in [5.41, 5.74) is 10.1. The van der Waals surface area contributed by atoms with Gasteiger partial charge in [0.2, 0.25) is 5.91 Å². The van der Waals surface area contributed by atoms with Crippen LogP contribution in [-0.4, -0.2) is 31.1 Å². The average Bonchev–Trinajstić information content (AvgIpc) is 2.70. The van der Waals surface area contributed by atoms with Gasteiger partial charge in [-0.05, 0) is 41.4 Å². The monoisotopic (exact) mass is 402 g/mol. The summed E-state index contributed by atoms with van der Waals surface area (Å²) in [5.74, 6) is 0.155. The topological polar surface area (TPSA) is 81.4 Å². The molecule has 29 heavy (non-hydrogen) atoms. The molecule has 1 fully saturated rings. The van der Waals surface area contributed by atoms with E-state index in [9.17, 15) is 9.59 Å². The van der Waals surface area contributed by atoms with Gasteiger partial charge in [0, 0.05) is 18.9 Å². The van der Waals surface area contributed by atoms with Crippen LogP contribution in [0.5, 0.6) is 0 Å². The van der Waals surface area contributed by atoms with E-state index in [-0.39, 0.29) is 17.9 Å². The first-order valence-electron chi connectivity index (χ1n) is 11.0. The summed E-state index contributed by atoms with van der Waals surface area (Å²) in [6.45, 7) is 10.8. The summed E-state index contributed by atoms with van der Waals surface area (Å²) in [7, 11) is 0. The molecule has 1 aromatic carbocycles. The lowest BCUT2D eigenvalue weighted by molar-refractivity contribution is -0.142. The van der Waals surface area contributed by atoms with Gasteiger partial charge in [0.05, 0.1) is 0 Å². The zero-order valence-corrected chi connectivity index (χ0v) is 18.7. The third kappa shape index (κ3) is 5.81. The minimum Gasteiger partial charge on any atom is -0.464 e. The van der Waals surface area contributed by atoms with Crippen LogP contribution in [0.25, 0.3) is 0 Å². The second kappa shape index (κ2) is 10.2. The molecule has 0 aliphatic heterocycles. The van der Waals surface area contributed by atoms with Crippen LogP contribution < -0.4 is 11.1 Å². The Labute approximate surface area is 175 Å². The van der Waals surface area contributed by atoms with E-state index in [1.54, 1.807) is 0 Å². The van der Waals surface area contributed by atoms with Crippen LogP contribution in [0.3, 0.4) is 0 Å². The number of amides is 1. The van der Waals surface area contributed by atoms with Crippen molar-refractivity contribution in [3.05, 3.63) is 34.9 Å². The normalized spacial score (nSPS) is 17.2. The zero-order valence-electron chi connectivity index (χ0n) is 18.7. The van der Waals surface area contributed by atoms with E-state index in [1.165, 1.54) is 42.9 Å². The minimum absolute atomic E-state index is 0.0739. The first kappa shape index (κ1) is 23.4. The summed E-state index contributed by atoms with van der Waals surface area (Å²) < 4.78 is 4.90. The molecule has 0 unspecified atom stereocenters. The van der Waals surface area contributed by atoms with E-state index in [1.807, 2.05) is 0 Å². The van der Waals surface area contributed by atoms with Crippen LogP contribution >= 0.6 is 0 Å². The number of hydrogen-bond acceptors (Lipinski definition) is 4. The maximum Gasteiger partial charge on any atom is 0.302 e. The highest BCUT2D eigenvalue weighted by molar-refractivity contribution is 5.82. The standard InChI is InChI=1S/C24H38N2O3/c1-16(2)19-10-9-11-20(17(3)4)22(19)24(12-7-6-8-13-24)15-26-23(28)21(25)14-29-18(5)27/h9-11,16-17,21H,6-8,12-15,25H2,1-5H3,(H,26,28)/t21-/m0/s1. The summed E-state index contributed by atoms with van der Waals surface area (Å²) in [6, 6.07) is 5.81. The molecular weight excluding hydrogens is 364 g/mol. The first-order chi connectivity index (χ1) is 13.7. The molecular formula is C24H38N2O3. The molecule has 162 valence electrons. The lowest BCUT2D eigenvalue weighted by Crippen LogP contribution is -2.50. The van der Waals surface area contributed by atoms with Crippen molar-refractivity contribution in [3.63, 3.8) is 0 Å². The van der Waals surface area contributed by atoms with Crippen molar-refractivity contribution in [2.75, 3.05) is 13.2 Å². The maximum atomic E-state index is 12.6. The molecule has 5 heteroatoms. The van der Waals surface area contributed by atoms with Crippen molar-refractivity contribution in [2.45, 2.75) is 90.0 Å². The Morgan fingerprint density at radius 1 is 1.07 bits per heavy atom. The summed E-state index contributed by atoms with van der Waals surface area (Å²) in [5, 5.41) is 3.09. The number of hydrogen-bond donors (Lipinski definition) is 2. The number of esters is 1. The molecule has 0 spiro atoms. The van der Waals surface area contributed by atoms with E-state index in [2.05, 4.69) is 51.2 Å². The maximum absolute atomic E-state index is 12.6. The lowest BCUT2D eigenvalue weighted by Gasteiger charge is -2.42. The fourth-order valence-corrected chi connectivity index (χ4v) is 4.58. The lowest BCUT2D eigenvalue weighted by atomic mass is 9.64. The van der Waals surface area contributed by atoms with Gasteiger partial charge in [0.1, 0.15) is 12.6 Å². The van der Waals surface area contributed by atoms with Crippen molar-refractivity contribution < 1.29 is 14.3 Å². The minimum atomic E-state index is -0.843. The highest BCUT2D eigenvalue weighted by Gasteiger charge is 2.38. The Balaban J connectivity index is 2.34. The van der Waals surface area contributed by atoms with Gasteiger partial charge in [-0.1, -0.05) is 65.2 Å². The fraction of sp³-hybridized carbons (Fsp3) is 0.667. The number of nitrogens with one attached hydrogen (secondary N) is 1. The van der Waals surface area contributed by atoms with Crippen molar-refractivity contribution in [1.29, 1.82) is 0 Å². The quantitative estimate of drug-likeness (QED) is 0.640. The molecule has 3 N–H and O–H groups in total. The molecule has 5 nitrogen and oxygen atoms in total. The number of carbonyl (C=O) groups is 2. The molecule has 0 bridgehead atoms. The smallest absolute Gasteiger partial charge is 0.302 e. The predicted octanol–water partition coefficient (Wildman–Crippen LogP) is 4.14. The highest BCUT2D eigenvalue weighted by atomic mass is 16.5. The number of benzene rings is 1. The molecule has 0 saturated heterocycles. The average molecular weight is 403 g/mol. The van der Waals surface area contributed by atoms with Crippen molar-refractivity contribution >= 4 is 11.9 Å². The van der Waals surface area contributed by atoms with Crippen LogP contribution in [0.2, 0.25) is 0 Å². The Kier molecular flexibility index (Phi) is 8.26. The van der Waals surface area contributed by atoms with E-state index in [0.29, 0.717) is 18.4 Å². The molecule has 1 aliphatic rings. The van der Waals surface area contributed by atoms with Gasteiger partial charge in [-0.2, -0.15) is 0 Å². The SMILES string of the molecule is CC(=O)OC[C@H](N)C(=O)NCC1(c2c(C(C)C)cccc2C(C)C)CCCCC1. The predicted molar refractivity (Wildman–Crippen MR) is 117 cm³/mol. The van der Waals surface area contributed by atoms with Crippen molar-refractivity contribution in [3.8, 4) is 0 Å². The molecule has 0 heterocycles.